The van der Waals surface area contributed by atoms with Crippen molar-refractivity contribution in [3.05, 3.63) is 70.4 Å². The second-order valence-corrected chi connectivity index (χ2v) is 5.06. The number of hydrogen-bond donors (Lipinski definition) is 0. The van der Waals surface area contributed by atoms with Crippen molar-refractivity contribution in [2.45, 2.75) is 0 Å². The van der Waals surface area contributed by atoms with Crippen molar-refractivity contribution in [2.75, 3.05) is 7.11 Å². The van der Waals surface area contributed by atoms with Crippen LogP contribution < -0.4 is 4.74 Å². The van der Waals surface area contributed by atoms with Crippen LogP contribution in [0, 0.1) is 0 Å². The van der Waals surface area contributed by atoms with Gasteiger partial charge < -0.3 is 9.47 Å². The van der Waals surface area contributed by atoms with Crippen molar-refractivity contribution in [2.24, 2.45) is 4.99 Å². The van der Waals surface area contributed by atoms with Gasteiger partial charge in [-0.3, -0.25) is 0 Å². The Hall–Kier alpha value is -2.59. The van der Waals surface area contributed by atoms with Crippen LogP contribution in [0.4, 0.5) is 0 Å². The van der Waals surface area contributed by atoms with E-state index >= 15 is 0 Å². The van der Waals surface area contributed by atoms with E-state index in [2.05, 4.69) is 4.99 Å². The summed E-state index contributed by atoms with van der Waals surface area (Å²) < 4.78 is 10.4. The van der Waals surface area contributed by atoms with Gasteiger partial charge in [-0.25, -0.2) is 9.79 Å². The van der Waals surface area contributed by atoms with Gasteiger partial charge in [-0.2, -0.15) is 0 Å². The van der Waals surface area contributed by atoms with Crippen LogP contribution in [0.5, 0.6) is 5.75 Å². The zero-order chi connectivity index (χ0) is 15.5. The molecule has 4 nitrogen and oxygen atoms in total. The summed E-state index contributed by atoms with van der Waals surface area (Å²) in [5.74, 6) is 0.471. The number of esters is 1. The predicted molar refractivity (Wildman–Crippen MR) is 85.1 cm³/mol. The van der Waals surface area contributed by atoms with E-state index < -0.39 is 5.97 Å². The number of cyclic esters (lactones) is 1. The molecule has 0 aromatic heterocycles. The fourth-order valence-electron chi connectivity index (χ4n) is 2.04. The summed E-state index contributed by atoms with van der Waals surface area (Å²) in [6.07, 6.45) is 1.66. The van der Waals surface area contributed by atoms with Gasteiger partial charge in [0.1, 0.15) is 5.75 Å². The number of hydrogen-bond acceptors (Lipinski definition) is 4. The van der Waals surface area contributed by atoms with Gasteiger partial charge in [-0.15, -0.1) is 0 Å². The Morgan fingerprint density at radius 2 is 2.00 bits per heavy atom. The average Bonchev–Trinajstić information content (AvgIpc) is 2.89. The molecule has 0 saturated heterocycles. The van der Waals surface area contributed by atoms with Crippen molar-refractivity contribution in [3.63, 3.8) is 0 Å². The summed E-state index contributed by atoms with van der Waals surface area (Å²) in [5.41, 5.74) is 1.71. The van der Waals surface area contributed by atoms with Crippen LogP contribution in [0.1, 0.15) is 11.1 Å². The Balaban J connectivity index is 1.94. The minimum atomic E-state index is -0.488. The van der Waals surface area contributed by atoms with E-state index in [4.69, 9.17) is 21.1 Å². The highest BCUT2D eigenvalue weighted by atomic mass is 35.5. The molecule has 0 unspecified atom stereocenters. The van der Waals surface area contributed by atoms with E-state index in [1.807, 2.05) is 24.3 Å². The van der Waals surface area contributed by atoms with Crippen LogP contribution in [0.2, 0.25) is 5.02 Å². The number of benzene rings is 2. The SMILES string of the molecule is COc1cccc(/C=C2\N=C(c3cccc(Cl)c3)OC2=O)c1. The highest BCUT2D eigenvalue weighted by molar-refractivity contribution is 6.31. The molecular weight excluding hydrogens is 302 g/mol. The lowest BCUT2D eigenvalue weighted by molar-refractivity contribution is -0.129. The monoisotopic (exact) mass is 313 g/mol. The molecule has 1 heterocycles. The summed E-state index contributed by atoms with van der Waals surface area (Å²) in [6, 6.07) is 14.3. The molecule has 0 atom stereocenters. The summed E-state index contributed by atoms with van der Waals surface area (Å²) in [4.78, 5) is 16.2. The van der Waals surface area contributed by atoms with Crippen molar-refractivity contribution >= 4 is 29.5 Å². The minimum Gasteiger partial charge on any atom is -0.497 e. The summed E-state index contributed by atoms with van der Waals surface area (Å²) in [7, 11) is 1.59. The molecule has 0 N–H and O–H groups in total. The second-order valence-electron chi connectivity index (χ2n) is 4.62. The standard InChI is InChI=1S/C17H12ClNO3/c1-21-14-7-2-4-11(8-14)9-15-17(20)22-16(19-15)12-5-3-6-13(18)10-12/h2-10H,1H3/b15-9-. The van der Waals surface area contributed by atoms with E-state index in [-0.39, 0.29) is 11.6 Å². The van der Waals surface area contributed by atoms with Crippen molar-refractivity contribution in [1.82, 2.24) is 0 Å². The van der Waals surface area contributed by atoms with Gasteiger partial charge in [0.25, 0.3) is 0 Å². The zero-order valence-corrected chi connectivity index (χ0v) is 12.5. The van der Waals surface area contributed by atoms with Crippen LogP contribution in [0.3, 0.4) is 0 Å². The van der Waals surface area contributed by atoms with E-state index in [1.165, 1.54) is 0 Å². The van der Waals surface area contributed by atoms with Gasteiger partial charge in [0.15, 0.2) is 5.70 Å². The smallest absolute Gasteiger partial charge is 0.363 e. The minimum absolute atomic E-state index is 0.239. The van der Waals surface area contributed by atoms with E-state index in [0.717, 1.165) is 5.56 Å². The molecule has 0 aliphatic carbocycles. The number of carbonyl (C=O) groups excluding carboxylic acids is 1. The Kier molecular flexibility index (Phi) is 3.94. The molecule has 0 radical (unpaired) electrons. The Bertz CT molecular complexity index is 796. The topological polar surface area (TPSA) is 47.9 Å². The summed E-state index contributed by atoms with van der Waals surface area (Å²) >= 11 is 5.94. The summed E-state index contributed by atoms with van der Waals surface area (Å²) in [5, 5.41) is 0.557. The maximum Gasteiger partial charge on any atom is 0.363 e. The molecule has 3 rings (SSSR count). The van der Waals surface area contributed by atoms with Crippen molar-refractivity contribution in [1.29, 1.82) is 0 Å². The molecule has 2 aromatic carbocycles. The maximum absolute atomic E-state index is 11.9. The lowest BCUT2D eigenvalue weighted by Crippen LogP contribution is -2.05. The fourth-order valence-corrected chi connectivity index (χ4v) is 2.23. The first-order chi connectivity index (χ1) is 10.7. The second kappa shape index (κ2) is 6.03. The van der Waals surface area contributed by atoms with Gasteiger partial charge >= 0.3 is 5.97 Å². The molecule has 0 bridgehead atoms. The molecule has 1 aliphatic rings. The third-order valence-electron chi connectivity index (χ3n) is 3.09. The molecular formula is C17H12ClNO3. The lowest BCUT2D eigenvalue weighted by Gasteiger charge is -2.00. The molecule has 5 heteroatoms. The maximum atomic E-state index is 11.9. The highest BCUT2D eigenvalue weighted by Crippen LogP contribution is 2.22. The quantitative estimate of drug-likeness (QED) is 0.641. The van der Waals surface area contributed by atoms with E-state index in [1.54, 1.807) is 37.5 Å². The number of ether oxygens (including phenoxy) is 2. The first kappa shape index (κ1) is 14.4. The molecule has 0 amide bonds. The first-order valence-corrected chi connectivity index (χ1v) is 6.96. The number of rotatable bonds is 3. The van der Waals surface area contributed by atoms with Crippen LogP contribution >= 0.6 is 11.6 Å². The molecule has 0 fully saturated rings. The highest BCUT2D eigenvalue weighted by Gasteiger charge is 2.24. The van der Waals surface area contributed by atoms with Crippen LogP contribution in [-0.4, -0.2) is 19.0 Å². The number of carbonyl (C=O) groups is 1. The largest absolute Gasteiger partial charge is 0.497 e. The zero-order valence-electron chi connectivity index (χ0n) is 11.7. The van der Waals surface area contributed by atoms with Crippen LogP contribution in [-0.2, 0) is 9.53 Å². The van der Waals surface area contributed by atoms with Gasteiger partial charge in [-0.1, -0.05) is 29.8 Å². The lowest BCUT2D eigenvalue weighted by atomic mass is 10.2. The van der Waals surface area contributed by atoms with Gasteiger partial charge in [0, 0.05) is 10.6 Å². The third-order valence-corrected chi connectivity index (χ3v) is 3.32. The van der Waals surface area contributed by atoms with Gasteiger partial charge in [-0.05, 0) is 42.0 Å². The number of aliphatic imine (C=N–C) groups is 1. The van der Waals surface area contributed by atoms with Crippen molar-refractivity contribution in [3.8, 4) is 5.75 Å². The fraction of sp³-hybridized carbons (Fsp3) is 0.0588. The van der Waals surface area contributed by atoms with Crippen molar-refractivity contribution < 1.29 is 14.3 Å². The van der Waals surface area contributed by atoms with Crippen LogP contribution in [0.15, 0.2) is 59.2 Å². The Labute approximate surface area is 132 Å². The number of methoxy groups -OCH3 is 1. The molecule has 0 spiro atoms. The first-order valence-electron chi connectivity index (χ1n) is 6.58. The average molecular weight is 314 g/mol. The third kappa shape index (κ3) is 3.02. The Morgan fingerprint density at radius 1 is 1.18 bits per heavy atom. The molecule has 110 valence electrons. The molecule has 22 heavy (non-hydrogen) atoms. The van der Waals surface area contributed by atoms with Gasteiger partial charge in [0.2, 0.25) is 5.90 Å². The van der Waals surface area contributed by atoms with Crippen LogP contribution in [0.25, 0.3) is 6.08 Å². The van der Waals surface area contributed by atoms with Gasteiger partial charge in [0.05, 0.1) is 7.11 Å². The van der Waals surface area contributed by atoms with E-state index in [9.17, 15) is 4.79 Å². The molecule has 0 saturated carbocycles. The predicted octanol–water partition coefficient (Wildman–Crippen LogP) is 3.69. The Morgan fingerprint density at radius 3 is 2.77 bits per heavy atom. The normalized spacial score (nSPS) is 15.6. The number of halogens is 1. The number of nitrogens with zero attached hydrogens (tertiary/aromatic N) is 1. The van der Waals surface area contributed by atoms with E-state index in [0.29, 0.717) is 16.3 Å². The summed E-state index contributed by atoms with van der Waals surface area (Å²) in [6.45, 7) is 0. The molecule has 1 aliphatic heterocycles. The molecule has 2 aromatic rings.